The van der Waals surface area contributed by atoms with Gasteiger partial charge in [0.2, 0.25) is 5.91 Å². The molecule has 1 saturated carbocycles. The van der Waals surface area contributed by atoms with Crippen molar-refractivity contribution >= 4 is 11.6 Å². The summed E-state index contributed by atoms with van der Waals surface area (Å²) in [6.07, 6.45) is 5.52. The van der Waals surface area contributed by atoms with Gasteiger partial charge in [0.25, 0.3) is 0 Å². The van der Waals surface area contributed by atoms with E-state index in [0.29, 0.717) is 5.69 Å². The monoisotopic (exact) mass is 336 g/mol. The lowest BCUT2D eigenvalue weighted by atomic mass is 9.63. The van der Waals surface area contributed by atoms with Gasteiger partial charge in [-0.2, -0.15) is 5.10 Å². The molecule has 0 bridgehead atoms. The first-order chi connectivity index (χ1) is 12.2. The molecule has 4 rings (SSSR count). The Balaban J connectivity index is 1.54. The van der Waals surface area contributed by atoms with Crippen LogP contribution in [-0.2, 0) is 10.2 Å². The van der Waals surface area contributed by atoms with E-state index >= 15 is 0 Å². The van der Waals surface area contributed by atoms with Crippen LogP contribution in [0.2, 0.25) is 0 Å². The highest BCUT2D eigenvalue weighted by atomic mass is 19.1. The molecule has 1 amide bonds. The van der Waals surface area contributed by atoms with E-state index < -0.39 is 5.41 Å². The van der Waals surface area contributed by atoms with Crippen LogP contribution in [0.25, 0.3) is 5.69 Å². The quantitative estimate of drug-likeness (QED) is 0.794. The summed E-state index contributed by atoms with van der Waals surface area (Å²) in [6, 6.07) is 13.7. The smallest absolute Gasteiger partial charge is 0.235 e. The molecule has 25 heavy (non-hydrogen) atoms. The Bertz CT molecular complexity index is 886. The number of benzene rings is 2. The first-order valence-corrected chi connectivity index (χ1v) is 8.20. The van der Waals surface area contributed by atoms with Crippen LogP contribution in [-0.4, -0.2) is 20.7 Å². The summed E-state index contributed by atoms with van der Waals surface area (Å²) >= 11 is 0. The lowest BCUT2D eigenvalue weighted by molar-refractivity contribution is -0.124. The normalized spacial score (nSPS) is 15.4. The molecule has 1 N–H and O–H groups in total. The van der Waals surface area contributed by atoms with Crippen LogP contribution in [0.15, 0.2) is 61.2 Å². The Morgan fingerprint density at radius 3 is 2.56 bits per heavy atom. The number of nitrogens with zero attached hydrogens (tertiary/aromatic N) is 3. The molecule has 5 nitrogen and oxygen atoms in total. The van der Waals surface area contributed by atoms with Crippen LogP contribution >= 0.6 is 0 Å². The molecule has 1 aliphatic rings. The topological polar surface area (TPSA) is 59.8 Å². The molecule has 0 radical (unpaired) electrons. The molecule has 0 spiro atoms. The summed E-state index contributed by atoms with van der Waals surface area (Å²) in [5.41, 5.74) is 1.68. The standard InChI is InChI=1S/C19H17FN4O/c20-15-4-1-3-14(11-15)19(9-2-10-19)18(25)23-16-5-7-17(8-6-16)24-13-21-12-22-24/h1,3-8,11-13H,2,9-10H2,(H,23,25). The molecule has 1 aromatic heterocycles. The van der Waals surface area contributed by atoms with E-state index in [1.807, 2.05) is 30.3 Å². The number of halogens is 1. The predicted molar refractivity (Wildman–Crippen MR) is 91.9 cm³/mol. The molecule has 0 saturated heterocycles. The van der Waals surface area contributed by atoms with Crippen molar-refractivity contribution in [2.24, 2.45) is 0 Å². The van der Waals surface area contributed by atoms with Crippen molar-refractivity contribution in [3.63, 3.8) is 0 Å². The summed E-state index contributed by atoms with van der Waals surface area (Å²) in [6.45, 7) is 0. The number of anilines is 1. The molecule has 2 aromatic carbocycles. The summed E-state index contributed by atoms with van der Waals surface area (Å²) in [5, 5.41) is 7.04. The Hall–Kier alpha value is -3.02. The Morgan fingerprint density at radius 1 is 1.16 bits per heavy atom. The van der Waals surface area contributed by atoms with Gasteiger partial charge in [0.05, 0.1) is 11.1 Å². The lowest BCUT2D eigenvalue weighted by Gasteiger charge is -2.40. The van der Waals surface area contributed by atoms with Crippen molar-refractivity contribution in [3.8, 4) is 5.69 Å². The summed E-state index contributed by atoms with van der Waals surface area (Å²) in [5.74, 6) is -0.397. The lowest BCUT2D eigenvalue weighted by Crippen LogP contribution is -2.46. The van der Waals surface area contributed by atoms with Gasteiger partial charge < -0.3 is 5.32 Å². The summed E-state index contributed by atoms with van der Waals surface area (Å²) in [4.78, 5) is 16.8. The van der Waals surface area contributed by atoms with Gasteiger partial charge in [0.1, 0.15) is 18.5 Å². The third-order valence-corrected chi connectivity index (χ3v) is 4.83. The van der Waals surface area contributed by atoms with Crippen LogP contribution in [0.3, 0.4) is 0 Å². The third kappa shape index (κ3) is 2.80. The molecule has 0 unspecified atom stereocenters. The number of carbonyl (C=O) groups excluding carboxylic acids is 1. The highest BCUT2D eigenvalue weighted by Crippen LogP contribution is 2.44. The maximum atomic E-state index is 13.6. The molecule has 1 heterocycles. The Labute approximate surface area is 144 Å². The van der Waals surface area contributed by atoms with Gasteiger partial charge in [-0.1, -0.05) is 18.6 Å². The average molecular weight is 336 g/mol. The van der Waals surface area contributed by atoms with Gasteiger partial charge >= 0.3 is 0 Å². The zero-order valence-corrected chi connectivity index (χ0v) is 13.5. The van der Waals surface area contributed by atoms with Crippen molar-refractivity contribution in [3.05, 3.63) is 72.6 Å². The zero-order valence-electron chi connectivity index (χ0n) is 13.5. The highest BCUT2D eigenvalue weighted by molar-refractivity contribution is 6.00. The molecule has 6 heteroatoms. The minimum atomic E-state index is -0.632. The number of aromatic nitrogens is 3. The maximum absolute atomic E-state index is 13.6. The van der Waals surface area contributed by atoms with E-state index in [0.717, 1.165) is 30.5 Å². The van der Waals surface area contributed by atoms with Gasteiger partial charge in [0.15, 0.2) is 0 Å². The second kappa shape index (κ2) is 6.12. The summed E-state index contributed by atoms with van der Waals surface area (Å²) < 4.78 is 15.2. The summed E-state index contributed by atoms with van der Waals surface area (Å²) in [7, 11) is 0. The molecule has 126 valence electrons. The van der Waals surface area contributed by atoms with Crippen molar-refractivity contribution in [1.82, 2.24) is 14.8 Å². The second-order valence-corrected chi connectivity index (χ2v) is 6.29. The average Bonchev–Trinajstić information content (AvgIpc) is 3.09. The van der Waals surface area contributed by atoms with E-state index in [1.165, 1.54) is 18.5 Å². The molecular formula is C19H17FN4O. The fourth-order valence-corrected chi connectivity index (χ4v) is 3.25. The number of nitrogens with one attached hydrogen (secondary N) is 1. The SMILES string of the molecule is O=C(Nc1ccc(-n2cncn2)cc1)C1(c2cccc(F)c2)CCC1. The van der Waals surface area contributed by atoms with Crippen molar-refractivity contribution in [1.29, 1.82) is 0 Å². The molecule has 0 aliphatic heterocycles. The Kier molecular flexibility index (Phi) is 3.80. The fourth-order valence-electron chi connectivity index (χ4n) is 3.25. The molecule has 1 fully saturated rings. The number of hydrogen-bond acceptors (Lipinski definition) is 3. The van der Waals surface area contributed by atoms with Gasteiger partial charge in [-0.25, -0.2) is 14.1 Å². The van der Waals surface area contributed by atoms with Crippen LogP contribution in [0.1, 0.15) is 24.8 Å². The molecule has 3 aromatic rings. The largest absolute Gasteiger partial charge is 0.325 e. The van der Waals surface area contributed by atoms with E-state index in [1.54, 1.807) is 17.1 Å². The zero-order chi connectivity index (χ0) is 17.3. The second-order valence-electron chi connectivity index (χ2n) is 6.29. The van der Waals surface area contributed by atoms with Crippen LogP contribution in [0.4, 0.5) is 10.1 Å². The number of hydrogen-bond donors (Lipinski definition) is 1. The minimum absolute atomic E-state index is 0.0853. The van der Waals surface area contributed by atoms with Crippen molar-refractivity contribution in [2.45, 2.75) is 24.7 Å². The first kappa shape index (κ1) is 15.5. The fraction of sp³-hybridized carbons (Fsp3) is 0.211. The third-order valence-electron chi connectivity index (χ3n) is 4.83. The van der Waals surface area contributed by atoms with Gasteiger partial charge in [-0.05, 0) is 54.8 Å². The van der Waals surface area contributed by atoms with E-state index in [2.05, 4.69) is 15.4 Å². The van der Waals surface area contributed by atoms with Crippen LogP contribution in [0.5, 0.6) is 0 Å². The van der Waals surface area contributed by atoms with Crippen molar-refractivity contribution < 1.29 is 9.18 Å². The predicted octanol–water partition coefficient (Wildman–Crippen LogP) is 3.47. The Morgan fingerprint density at radius 2 is 1.96 bits per heavy atom. The number of carbonyl (C=O) groups is 1. The van der Waals surface area contributed by atoms with Crippen LogP contribution in [0, 0.1) is 5.82 Å². The van der Waals surface area contributed by atoms with Crippen LogP contribution < -0.4 is 5.32 Å². The maximum Gasteiger partial charge on any atom is 0.235 e. The van der Waals surface area contributed by atoms with E-state index in [-0.39, 0.29) is 11.7 Å². The van der Waals surface area contributed by atoms with E-state index in [9.17, 15) is 9.18 Å². The molecule has 1 aliphatic carbocycles. The minimum Gasteiger partial charge on any atom is -0.325 e. The highest BCUT2D eigenvalue weighted by Gasteiger charge is 2.45. The molecule has 0 atom stereocenters. The first-order valence-electron chi connectivity index (χ1n) is 8.20. The van der Waals surface area contributed by atoms with Gasteiger partial charge in [0, 0.05) is 5.69 Å². The van der Waals surface area contributed by atoms with Gasteiger partial charge in [-0.3, -0.25) is 4.79 Å². The van der Waals surface area contributed by atoms with Gasteiger partial charge in [-0.15, -0.1) is 0 Å². The molecular weight excluding hydrogens is 319 g/mol. The van der Waals surface area contributed by atoms with Crippen molar-refractivity contribution in [2.75, 3.05) is 5.32 Å². The number of amides is 1. The van der Waals surface area contributed by atoms with E-state index in [4.69, 9.17) is 0 Å². The number of rotatable bonds is 4.